The predicted octanol–water partition coefficient (Wildman–Crippen LogP) is 1.34. The number of nitrogens with one attached hydrogen (secondary N) is 1. The molecule has 1 saturated carbocycles. The second-order valence-electron chi connectivity index (χ2n) is 7.28. The van der Waals surface area contributed by atoms with E-state index in [0.29, 0.717) is 17.4 Å². The van der Waals surface area contributed by atoms with Gasteiger partial charge in [0.05, 0.1) is 7.11 Å². The molecule has 3 atom stereocenters. The number of hydrogen-bond acceptors (Lipinski definition) is 5. The Morgan fingerprint density at radius 3 is 2.59 bits per heavy atom. The molecule has 1 aromatic rings. The van der Waals surface area contributed by atoms with Gasteiger partial charge >= 0.3 is 5.97 Å². The van der Waals surface area contributed by atoms with Crippen molar-refractivity contribution in [1.29, 1.82) is 0 Å². The van der Waals surface area contributed by atoms with Gasteiger partial charge < -0.3 is 20.9 Å². The highest BCUT2D eigenvalue weighted by Gasteiger charge is 2.35. The van der Waals surface area contributed by atoms with Gasteiger partial charge in [0.1, 0.15) is 6.04 Å². The SMILES string of the molecule is COC(=O)C(NC(=O)c1ccc(C=CC#CC2CC2CO)cc1)C(C)(C)N. The minimum atomic E-state index is -0.958. The number of nitrogens with two attached hydrogens (primary N) is 1. The highest BCUT2D eigenvalue weighted by atomic mass is 16.5. The molecule has 1 aromatic carbocycles. The summed E-state index contributed by atoms with van der Waals surface area (Å²) >= 11 is 0. The minimum absolute atomic E-state index is 0.199. The third-order valence-corrected chi connectivity index (χ3v) is 4.41. The maximum absolute atomic E-state index is 12.4. The van der Waals surface area contributed by atoms with E-state index >= 15 is 0 Å². The van der Waals surface area contributed by atoms with Crippen molar-refractivity contribution in [3.05, 3.63) is 41.5 Å². The Kier molecular flexibility index (Phi) is 6.78. The van der Waals surface area contributed by atoms with Crippen LogP contribution >= 0.6 is 0 Å². The Morgan fingerprint density at radius 1 is 1.41 bits per heavy atom. The molecule has 6 nitrogen and oxygen atoms in total. The van der Waals surface area contributed by atoms with Gasteiger partial charge in [-0.15, -0.1) is 0 Å². The summed E-state index contributed by atoms with van der Waals surface area (Å²) in [5, 5.41) is 11.6. The summed E-state index contributed by atoms with van der Waals surface area (Å²) in [6.07, 6.45) is 4.57. The van der Waals surface area contributed by atoms with Crippen LogP contribution in [0.4, 0.5) is 0 Å². The molecule has 3 unspecified atom stereocenters. The topological polar surface area (TPSA) is 102 Å². The molecule has 1 aliphatic rings. The van der Waals surface area contributed by atoms with Gasteiger partial charge in [0.25, 0.3) is 5.91 Å². The zero-order valence-corrected chi connectivity index (χ0v) is 15.9. The van der Waals surface area contributed by atoms with Gasteiger partial charge in [-0.3, -0.25) is 4.79 Å². The first kappa shape index (κ1) is 20.7. The summed E-state index contributed by atoms with van der Waals surface area (Å²) in [4.78, 5) is 24.3. The number of allylic oxidation sites excluding steroid dienone is 1. The lowest BCUT2D eigenvalue weighted by atomic mass is 9.95. The number of carbonyl (C=O) groups excluding carboxylic acids is 2. The van der Waals surface area contributed by atoms with Crippen LogP contribution in [0.25, 0.3) is 6.08 Å². The van der Waals surface area contributed by atoms with E-state index < -0.39 is 23.5 Å². The number of aliphatic hydroxyl groups is 1. The summed E-state index contributed by atoms with van der Waals surface area (Å²) in [6, 6.07) is 5.98. The highest BCUT2D eigenvalue weighted by Crippen LogP contribution is 2.36. The second-order valence-corrected chi connectivity index (χ2v) is 7.28. The molecule has 0 radical (unpaired) electrons. The van der Waals surface area contributed by atoms with Gasteiger partial charge in [-0.25, -0.2) is 4.79 Å². The van der Waals surface area contributed by atoms with E-state index in [1.165, 1.54) is 7.11 Å². The van der Waals surface area contributed by atoms with Crippen molar-refractivity contribution in [2.24, 2.45) is 17.6 Å². The molecule has 1 amide bonds. The van der Waals surface area contributed by atoms with E-state index in [-0.39, 0.29) is 6.61 Å². The van der Waals surface area contributed by atoms with Crippen LogP contribution in [0.2, 0.25) is 0 Å². The Hall–Kier alpha value is -2.62. The largest absolute Gasteiger partial charge is 0.467 e. The lowest BCUT2D eigenvalue weighted by Crippen LogP contribution is -2.59. The highest BCUT2D eigenvalue weighted by molar-refractivity contribution is 5.97. The van der Waals surface area contributed by atoms with Crippen LogP contribution < -0.4 is 11.1 Å². The van der Waals surface area contributed by atoms with Crippen LogP contribution in [-0.2, 0) is 9.53 Å². The van der Waals surface area contributed by atoms with Crippen LogP contribution in [0.15, 0.2) is 30.3 Å². The number of amides is 1. The van der Waals surface area contributed by atoms with Gasteiger partial charge in [-0.2, -0.15) is 0 Å². The van der Waals surface area contributed by atoms with E-state index in [2.05, 4.69) is 17.2 Å². The molecular weight excluding hydrogens is 344 g/mol. The van der Waals surface area contributed by atoms with E-state index in [4.69, 9.17) is 15.6 Å². The molecule has 1 fully saturated rings. The van der Waals surface area contributed by atoms with E-state index in [1.54, 1.807) is 44.2 Å². The van der Waals surface area contributed by atoms with Crippen molar-refractivity contribution in [1.82, 2.24) is 5.32 Å². The van der Waals surface area contributed by atoms with Crippen molar-refractivity contribution in [3.63, 3.8) is 0 Å². The van der Waals surface area contributed by atoms with Crippen LogP contribution in [0.3, 0.4) is 0 Å². The van der Waals surface area contributed by atoms with Crippen LogP contribution in [0, 0.1) is 23.7 Å². The fraction of sp³-hybridized carbons (Fsp3) is 0.429. The standard InChI is InChI=1S/C21H26N2O4/c1-21(2,22)18(20(26)27-3)23-19(25)15-10-8-14(9-11-15)6-4-5-7-16-12-17(16)13-24/h4,6,8-11,16-18,24H,12-13,22H2,1-3H3,(H,23,25). The van der Waals surface area contributed by atoms with Gasteiger partial charge in [-0.1, -0.05) is 24.0 Å². The van der Waals surface area contributed by atoms with Gasteiger partial charge in [0, 0.05) is 23.6 Å². The Balaban J connectivity index is 1.97. The van der Waals surface area contributed by atoms with Crippen molar-refractivity contribution >= 4 is 18.0 Å². The molecule has 6 heteroatoms. The van der Waals surface area contributed by atoms with Gasteiger partial charge in [0.2, 0.25) is 0 Å². The molecule has 27 heavy (non-hydrogen) atoms. The minimum Gasteiger partial charge on any atom is -0.467 e. The maximum Gasteiger partial charge on any atom is 0.330 e. The lowest BCUT2D eigenvalue weighted by Gasteiger charge is -2.28. The second kappa shape index (κ2) is 8.85. The molecule has 144 valence electrons. The van der Waals surface area contributed by atoms with Gasteiger partial charge in [0.15, 0.2) is 0 Å². The summed E-state index contributed by atoms with van der Waals surface area (Å²) in [6.45, 7) is 3.49. The number of hydrogen-bond donors (Lipinski definition) is 3. The Bertz CT molecular complexity index is 766. The van der Waals surface area contributed by atoms with Crippen LogP contribution in [0.1, 0.15) is 36.2 Å². The molecule has 0 aromatic heterocycles. The first-order valence-electron chi connectivity index (χ1n) is 8.82. The van der Waals surface area contributed by atoms with Crippen LogP contribution in [0.5, 0.6) is 0 Å². The number of aliphatic hydroxyl groups excluding tert-OH is 1. The molecule has 2 rings (SSSR count). The predicted molar refractivity (Wildman–Crippen MR) is 103 cm³/mol. The number of rotatable bonds is 6. The maximum atomic E-state index is 12.4. The zero-order valence-electron chi connectivity index (χ0n) is 15.9. The van der Waals surface area contributed by atoms with E-state index in [0.717, 1.165) is 12.0 Å². The first-order valence-corrected chi connectivity index (χ1v) is 8.82. The van der Waals surface area contributed by atoms with Gasteiger partial charge in [-0.05, 0) is 56.0 Å². The average molecular weight is 370 g/mol. The number of carbonyl (C=O) groups is 2. The molecule has 0 bridgehead atoms. The molecule has 0 aliphatic heterocycles. The van der Waals surface area contributed by atoms with Crippen LogP contribution in [-0.4, -0.2) is 42.3 Å². The molecule has 1 aliphatic carbocycles. The quantitative estimate of drug-likeness (QED) is 0.518. The number of benzene rings is 1. The molecule has 4 N–H and O–H groups in total. The Morgan fingerprint density at radius 2 is 2.07 bits per heavy atom. The molecular formula is C21H26N2O4. The summed E-state index contributed by atoms with van der Waals surface area (Å²) in [5.74, 6) is 5.71. The zero-order chi connectivity index (χ0) is 20.0. The third kappa shape index (κ3) is 5.95. The van der Waals surface area contributed by atoms with Crippen molar-refractivity contribution < 1.29 is 19.4 Å². The smallest absolute Gasteiger partial charge is 0.330 e. The molecule has 0 saturated heterocycles. The monoisotopic (exact) mass is 370 g/mol. The average Bonchev–Trinajstić information content (AvgIpc) is 3.40. The van der Waals surface area contributed by atoms with Crippen molar-refractivity contribution in [2.45, 2.75) is 31.8 Å². The first-order chi connectivity index (χ1) is 12.8. The fourth-order valence-corrected chi connectivity index (χ4v) is 2.55. The van der Waals surface area contributed by atoms with Crippen molar-refractivity contribution in [2.75, 3.05) is 13.7 Å². The fourth-order valence-electron chi connectivity index (χ4n) is 2.55. The Labute approximate surface area is 159 Å². The normalized spacial score (nSPS) is 19.7. The molecule has 0 spiro atoms. The molecule has 0 heterocycles. The van der Waals surface area contributed by atoms with E-state index in [1.807, 2.05) is 6.08 Å². The lowest BCUT2D eigenvalue weighted by molar-refractivity contribution is -0.144. The van der Waals surface area contributed by atoms with Crippen molar-refractivity contribution in [3.8, 4) is 11.8 Å². The number of esters is 1. The summed E-state index contributed by atoms with van der Waals surface area (Å²) in [5.41, 5.74) is 6.33. The number of ether oxygens (including phenoxy) is 1. The van der Waals surface area contributed by atoms with E-state index in [9.17, 15) is 9.59 Å². The summed E-state index contributed by atoms with van der Waals surface area (Å²) < 4.78 is 4.72. The summed E-state index contributed by atoms with van der Waals surface area (Å²) in [7, 11) is 1.25. The third-order valence-electron chi connectivity index (χ3n) is 4.41. The number of methoxy groups -OCH3 is 1.